The van der Waals surface area contributed by atoms with Crippen molar-refractivity contribution in [2.75, 3.05) is 0 Å². The highest BCUT2D eigenvalue weighted by Gasteiger charge is 2.20. The molecule has 5 nitrogen and oxygen atoms in total. The zero-order valence-electron chi connectivity index (χ0n) is 14.8. The van der Waals surface area contributed by atoms with Crippen LogP contribution in [0.25, 0.3) is 21.8 Å². The lowest BCUT2D eigenvalue weighted by Crippen LogP contribution is -2.37. The van der Waals surface area contributed by atoms with E-state index >= 15 is 0 Å². The molecule has 0 unspecified atom stereocenters. The molecule has 122 valence electrons. The molecule has 1 heterocycles. The van der Waals surface area contributed by atoms with E-state index in [2.05, 4.69) is 79.6 Å². The van der Waals surface area contributed by atoms with Crippen molar-refractivity contribution < 1.29 is 21.0 Å². The Bertz CT molecular complexity index is 775. The molecule has 0 saturated heterocycles. The Kier molecular flexibility index (Phi) is 4.89. The molecule has 0 amide bonds. The number of hydrogen-bond acceptors (Lipinski definition) is 3. The number of nitrogens with zero attached hydrogens (tertiary/aromatic N) is 2. The third kappa shape index (κ3) is 3.62. The Labute approximate surface area is 136 Å². The molecule has 0 N–H and O–H groups in total. The first-order valence-corrected chi connectivity index (χ1v) is 7.63. The Morgan fingerprint density at radius 2 is 1.61 bits per heavy atom. The maximum absolute atomic E-state index is 8.33. The van der Waals surface area contributed by atoms with Gasteiger partial charge in [0.05, 0.1) is 12.1 Å². The molecule has 0 fully saturated rings. The normalized spacial score (nSPS) is 11.0. The Hall–Kier alpha value is -2.56. The molecule has 0 aliphatic heterocycles. The van der Waals surface area contributed by atoms with Crippen molar-refractivity contribution in [2.24, 2.45) is 0 Å². The van der Waals surface area contributed by atoms with E-state index < -0.39 is 6.16 Å². The summed E-state index contributed by atoms with van der Waals surface area (Å²) < 4.78 is 4.73. The SMILES string of the molecule is CC(C)n1c[n+](C(C)C)c2cc3ccccc3cc21.O=C([O-])[O-].[H+]. The molecule has 0 spiro atoms. The lowest BCUT2D eigenvalue weighted by atomic mass is 10.1. The van der Waals surface area contributed by atoms with Gasteiger partial charge in [0.25, 0.3) is 0 Å². The topological polar surface area (TPSA) is 72.0 Å². The minimum Gasteiger partial charge on any atom is -0.652 e. The number of carbonyl (C=O) groups excluding carboxylic acids is 1. The van der Waals surface area contributed by atoms with Crippen LogP contribution in [0.3, 0.4) is 0 Å². The second kappa shape index (κ2) is 6.69. The fraction of sp³-hybridized carbons (Fsp3) is 0.333. The van der Waals surface area contributed by atoms with Gasteiger partial charge < -0.3 is 15.0 Å². The summed E-state index contributed by atoms with van der Waals surface area (Å²) >= 11 is 0. The summed E-state index contributed by atoms with van der Waals surface area (Å²) in [4.78, 5) is 8.33. The van der Waals surface area contributed by atoms with E-state index in [0.717, 1.165) is 0 Å². The van der Waals surface area contributed by atoms with E-state index in [0.29, 0.717) is 12.1 Å². The van der Waals surface area contributed by atoms with Crippen molar-refractivity contribution in [3.05, 3.63) is 42.7 Å². The zero-order valence-corrected chi connectivity index (χ0v) is 13.8. The van der Waals surface area contributed by atoms with Crippen LogP contribution in [0, 0.1) is 0 Å². The summed E-state index contributed by atoms with van der Waals surface area (Å²) in [6.07, 6.45) is -0.0844. The van der Waals surface area contributed by atoms with Crippen molar-refractivity contribution in [3.8, 4) is 0 Å². The second-order valence-electron chi connectivity index (χ2n) is 6.06. The number of hydrogen-bond donors (Lipinski definition) is 0. The van der Waals surface area contributed by atoms with E-state index in [4.69, 9.17) is 15.0 Å². The van der Waals surface area contributed by atoms with Gasteiger partial charge in [-0.1, -0.05) is 24.3 Å². The number of imidazole rings is 1. The van der Waals surface area contributed by atoms with E-state index in [1.165, 1.54) is 21.8 Å². The van der Waals surface area contributed by atoms with Gasteiger partial charge in [-0.05, 0) is 56.8 Å². The summed E-state index contributed by atoms with van der Waals surface area (Å²) in [7, 11) is 0. The summed E-state index contributed by atoms with van der Waals surface area (Å²) in [5, 5.41) is 19.3. The highest BCUT2D eigenvalue weighted by molar-refractivity contribution is 5.94. The maximum atomic E-state index is 8.33. The molecule has 0 aliphatic carbocycles. The Balaban J connectivity index is 0.000000522. The maximum Gasteiger partial charge on any atom is 1.00 e. The lowest BCUT2D eigenvalue weighted by molar-refractivity contribution is -0.692. The smallest absolute Gasteiger partial charge is 0.652 e. The molecule has 3 rings (SSSR count). The standard InChI is InChI=1S/C17H21N2.CH2O3/c1-12(2)18-11-19(13(3)4)17-10-15-8-6-5-7-14(15)9-16(17)18;2-1(3)4/h5-13H,1-4H3;(H2,2,3,4)/q+1;/p-1. The largest absolute Gasteiger partial charge is 1.00 e. The first-order chi connectivity index (χ1) is 10.8. The minimum absolute atomic E-state index is 0. The molecule has 0 radical (unpaired) electrons. The van der Waals surface area contributed by atoms with Gasteiger partial charge in [0.15, 0.2) is 11.0 Å². The highest BCUT2D eigenvalue weighted by atomic mass is 16.6. The molecule has 3 aromatic rings. The molecular formula is C18H22N2O3. The van der Waals surface area contributed by atoms with Crippen molar-refractivity contribution in [1.29, 1.82) is 0 Å². The quantitative estimate of drug-likeness (QED) is 0.678. The molecule has 5 heteroatoms. The van der Waals surface area contributed by atoms with Gasteiger partial charge in [-0.3, -0.25) is 0 Å². The molecule has 1 aromatic heterocycles. The van der Waals surface area contributed by atoms with Crippen LogP contribution in [0.4, 0.5) is 4.79 Å². The first kappa shape index (κ1) is 16.8. The van der Waals surface area contributed by atoms with Crippen LogP contribution >= 0.6 is 0 Å². The van der Waals surface area contributed by atoms with Crippen LogP contribution in [-0.4, -0.2) is 10.7 Å². The van der Waals surface area contributed by atoms with Gasteiger partial charge in [-0.2, -0.15) is 0 Å². The van der Waals surface area contributed by atoms with Crippen LogP contribution in [0.15, 0.2) is 42.7 Å². The van der Waals surface area contributed by atoms with Crippen molar-refractivity contribution >= 4 is 28.0 Å². The Morgan fingerprint density at radius 3 is 2.09 bits per heavy atom. The second-order valence-corrected chi connectivity index (χ2v) is 6.06. The van der Waals surface area contributed by atoms with Crippen molar-refractivity contribution in [3.63, 3.8) is 0 Å². The van der Waals surface area contributed by atoms with Crippen LogP contribution in [0.1, 0.15) is 41.2 Å². The fourth-order valence-corrected chi connectivity index (χ4v) is 2.71. The zero-order chi connectivity index (χ0) is 17.1. The third-order valence-electron chi connectivity index (χ3n) is 3.76. The van der Waals surface area contributed by atoms with Gasteiger partial charge in [0.2, 0.25) is 6.33 Å². The van der Waals surface area contributed by atoms with E-state index in [1.807, 2.05) is 0 Å². The van der Waals surface area contributed by atoms with Crippen molar-refractivity contribution in [2.45, 2.75) is 39.8 Å². The summed E-state index contributed by atoms with van der Waals surface area (Å²) in [6, 6.07) is 14.2. The predicted octanol–water partition coefficient (Wildman–Crippen LogP) is 1.91. The number of aromatic nitrogens is 2. The number of benzene rings is 2. The van der Waals surface area contributed by atoms with Crippen LogP contribution in [-0.2, 0) is 0 Å². The number of carbonyl (C=O) groups is 1. The number of rotatable bonds is 2. The average molecular weight is 314 g/mol. The summed E-state index contributed by atoms with van der Waals surface area (Å²) in [6.45, 7) is 8.94. The molecular weight excluding hydrogens is 292 g/mol. The summed E-state index contributed by atoms with van der Waals surface area (Å²) in [5.41, 5.74) is 2.64. The molecule has 0 bridgehead atoms. The van der Waals surface area contributed by atoms with Gasteiger partial charge >= 0.3 is 1.43 Å². The van der Waals surface area contributed by atoms with Gasteiger partial charge in [-0.15, -0.1) is 0 Å². The molecule has 0 aliphatic rings. The van der Waals surface area contributed by atoms with Gasteiger partial charge in [0.1, 0.15) is 0 Å². The summed E-state index contributed by atoms with van der Waals surface area (Å²) in [5.74, 6) is 0. The first-order valence-electron chi connectivity index (χ1n) is 7.63. The van der Waals surface area contributed by atoms with Gasteiger partial charge in [0, 0.05) is 0 Å². The van der Waals surface area contributed by atoms with Gasteiger partial charge in [-0.25, -0.2) is 9.13 Å². The lowest BCUT2D eigenvalue weighted by Gasteiger charge is -2.02. The highest BCUT2D eigenvalue weighted by Crippen LogP contribution is 2.24. The fourth-order valence-electron chi connectivity index (χ4n) is 2.71. The van der Waals surface area contributed by atoms with E-state index in [1.54, 1.807) is 0 Å². The van der Waals surface area contributed by atoms with E-state index in [9.17, 15) is 0 Å². The van der Waals surface area contributed by atoms with Crippen molar-refractivity contribution in [1.82, 2.24) is 4.57 Å². The predicted molar refractivity (Wildman–Crippen MR) is 86.9 cm³/mol. The van der Waals surface area contributed by atoms with Crippen LogP contribution in [0.5, 0.6) is 0 Å². The molecule has 0 saturated carbocycles. The van der Waals surface area contributed by atoms with E-state index in [-0.39, 0.29) is 1.43 Å². The number of carboxylic acid groups (broad SMARTS) is 2. The number of fused-ring (bicyclic) bond motifs is 2. The average Bonchev–Trinajstić information content (AvgIpc) is 2.83. The molecule has 2 aromatic carbocycles. The Morgan fingerprint density at radius 1 is 1.09 bits per heavy atom. The van der Waals surface area contributed by atoms with Crippen LogP contribution < -0.4 is 14.8 Å². The molecule has 0 atom stereocenters. The molecule has 23 heavy (non-hydrogen) atoms. The third-order valence-corrected chi connectivity index (χ3v) is 3.76. The monoisotopic (exact) mass is 314 g/mol. The van der Waals surface area contributed by atoms with Crippen LogP contribution in [0.2, 0.25) is 0 Å². The minimum atomic E-state index is -2.33.